The number of hydrogen-bond donors (Lipinski definition) is 3. The molecule has 1 aliphatic heterocycles. The van der Waals surface area contributed by atoms with Gasteiger partial charge in [-0.25, -0.2) is 0 Å². The van der Waals surface area contributed by atoms with Crippen LogP contribution in [0.25, 0.3) is 6.08 Å². The third kappa shape index (κ3) is 3.64. The molecule has 0 bridgehead atoms. The molecular weight excluding hydrogens is 260 g/mol. The molecule has 2 rings (SSSR count). The molecule has 0 unspecified atom stereocenters. The number of phenols is 1. The summed E-state index contributed by atoms with van der Waals surface area (Å²) in [5.41, 5.74) is 5.87. The maximum absolute atomic E-state index is 11.6. The van der Waals surface area contributed by atoms with Crippen molar-refractivity contribution < 1.29 is 19.4 Å². The number of nitrogens with one attached hydrogen (secondary N) is 1. The Balaban J connectivity index is 1.92. The zero-order valence-corrected chi connectivity index (χ0v) is 11.1. The van der Waals surface area contributed by atoms with Crippen LogP contribution in [0.15, 0.2) is 18.2 Å². The summed E-state index contributed by atoms with van der Waals surface area (Å²) in [5.74, 6) is 0.900. The van der Waals surface area contributed by atoms with E-state index in [0.29, 0.717) is 30.2 Å². The molecule has 0 spiro atoms. The maximum Gasteiger partial charge on any atom is 0.244 e. The Morgan fingerprint density at radius 3 is 2.85 bits per heavy atom. The van der Waals surface area contributed by atoms with E-state index in [0.717, 1.165) is 12.8 Å². The van der Waals surface area contributed by atoms with Gasteiger partial charge in [-0.3, -0.25) is 4.79 Å². The highest BCUT2D eigenvalue weighted by atomic mass is 16.7. The Morgan fingerprint density at radius 2 is 2.10 bits per heavy atom. The van der Waals surface area contributed by atoms with Gasteiger partial charge in [0, 0.05) is 24.3 Å². The van der Waals surface area contributed by atoms with Crippen molar-refractivity contribution in [2.24, 2.45) is 5.73 Å². The van der Waals surface area contributed by atoms with Gasteiger partial charge >= 0.3 is 0 Å². The first kappa shape index (κ1) is 14.2. The van der Waals surface area contributed by atoms with E-state index in [2.05, 4.69) is 5.32 Å². The van der Waals surface area contributed by atoms with Crippen molar-refractivity contribution in [2.45, 2.75) is 12.8 Å². The molecule has 1 aliphatic rings. The van der Waals surface area contributed by atoms with Crippen LogP contribution in [0, 0.1) is 0 Å². The number of rotatable bonds is 6. The van der Waals surface area contributed by atoms with E-state index in [1.165, 1.54) is 18.2 Å². The Bertz CT molecular complexity index is 514. The van der Waals surface area contributed by atoms with Gasteiger partial charge in [-0.2, -0.15) is 0 Å². The Morgan fingerprint density at radius 1 is 1.35 bits per heavy atom. The van der Waals surface area contributed by atoms with Gasteiger partial charge in [-0.05, 0) is 31.5 Å². The number of benzene rings is 1. The molecule has 6 nitrogen and oxygen atoms in total. The highest BCUT2D eigenvalue weighted by Gasteiger charge is 2.15. The standard InChI is InChI=1S/C14H18N2O4/c15-5-1-2-6-16-14(18)4-3-10-7-12-13(8-11(10)17)20-9-19-12/h3-4,7-8,17H,1-2,5-6,9,15H2,(H,16,18)/b4-3+. The first-order chi connectivity index (χ1) is 9.70. The number of fused-ring (bicyclic) bond motifs is 1. The Kier molecular flexibility index (Phi) is 4.84. The minimum Gasteiger partial charge on any atom is -0.507 e. The average Bonchev–Trinajstić information content (AvgIpc) is 2.88. The van der Waals surface area contributed by atoms with Crippen LogP contribution in [0.3, 0.4) is 0 Å². The van der Waals surface area contributed by atoms with Gasteiger partial charge in [0.05, 0.1) is 0 Å². The summed E-state index contributed by atoms with van der Waals surface area (Å²) in [6.07, 6.45) is 4.65. The molecule has 0 saturated heterocycles. The van der Waals surface area contributed by atoms with Crippen LogP contribution < -0.4 is 20.5 Å². The first-order valence-electron chi connectivity index (χ1n) is 6.49. The number of ether oxygens (including phenoxy) is 2. The molecule has 1 amide bonds. The van der Waals surface area contributed by atoms with Crippen molar-refractivity contribution in [1.29, 1.82) is 0 Å². The van der Waals surface area contributed by atoms with E-state index in [9.17, 15) is 9.90 Å². The van der Waals surface area contributed by atoms with Crippen molar-refractivity contribution in [1.82, 2.24) is 5.32 Å². The van der Waals surface area contributed by atoms with Gasteiger partial charge in [0.1, 0.15) is 5.75 Å². The number of unbranched alkanes of at least 4 members (excludes halogenated alkanes) is 1. The average molecular weight is 278 g/mol. The predicted octanol–water partition coefficient (Wildman–Crippen LogP) is 0.989. The summed E-state index contributed by atoms with van der Waals surface area (Å²) >= 11 is 0. The third-order valence-electron chi connectivity index (χ3n) is 2.87. The van der Waals surface area contributed by atoms with E-state index >= 15 is 0 Å². The lowest BCUT2D eigenvalue weighted by molar-refractivity contribution is -0.116. The second-order valence-corrected chi connectivity index (χ2v) is 4.38. The summed E-state index contributed by atoms with van der Waals surface area (Å²) < 4.78 is 10.4. The second-order valence-electron chi connectivity index (χ2n) is 4.38. The normalized spacial score (nSPS) is 12.8. The summed E-state index contributed by atoms with van der Waals surface area (Å²) in [6, 6.07) is 3.11. The molecule has 4 N–H and O–H groups in total. The lowest BCUT2D eigenvalue weighted by atomic mass is 10.1. The van der Waals surface area contributed by atoms with Crippen LogP contribution in [-0.4, -0.2) is 30.9 Å². The largest absolute Gasteiger partial charge is 0.507 e. The SMILES string of the molecule is NCCCCNC(=O)/C=C/c1cc2c(cc1O)OCO2. The highest BCUT2D eigenvalue weighted by molar-refractivity contribution is 5.92. The van der Waals surface area contributed by atoms with Gasteiger partial charge in [0.15, 0.2) is 11.5 Å². The lowest BCUT2D eigenvalue weighted by Gasteiger charge is -2.03. The maximum atomic E-state index is 11.6. The second kappa shape index (κ2) is 6.81. The molecule has 0 radical (unpaired) electrons. The van der Waals surface area contributed by atoms with Crippen molar-refractivity contribution in [3.63, 3.8) is 0 Å². The molecule has 1 heterocycles. The fraction of sp³-hybridized carbons (Fsp3) is 0.357. The van der Waals surface area contributed by atoms with Gasteiger partial charge < -0.3 is 25.6 Å². The molecule has 0 fully saturated rings. The number of phenolic OH excluding ortho intramolecular Hbond substituents is 1. The molecule has 1 aromatic carbocycles. The molecule has 0 atom stereocenters. The summed E-state index contributed by atoms with van der Waals surface area (Å²) in [7, 11) is 0. The monoisotopic (exact) mass is 278 g/mol. The number of amides is 1. The van der Waals surface area contributed by atoms with E-state index < -0.39 is 0 Å². The first-order valence-corrected chi connectivity index (χ1v) is 6.49. The predicted molar refractivity (Wildman–Crippen MR) is 74.6 cm³/mol. The zero-order chi connectivity index (χ0) is 14.4. The van der Waals surface area contributed by atoms with Crippen molar-refractivity contribution in [3.05, 3.63) is 23.8 Å². The highest BCUT2D eigenvalue weighted by Crippen LogP contribution is 2.37. The van der Waals surface area contributed by atoms with Crippen LogP contribution in [0.4, 0.5) is 0 Å². The summed E-state index contributed by atoms with van der Waals surface area (Å²) in [6.45, 7) is 1.36. The Hall–Kier alpha value is -2.21. The van der Waals surface area contributed by atoms with E-state index in [4.69, 9.17) is 15.2 Å². The summed E-state index contributed by atoms with van der Waals surface area (Å²) in [4.78, 5) is 11.6. The van der Waals surface area contributed by atoms with Crippen LogP contribution in [0.1, 0.15) is 18.4 Å². The minimum absolute atomic E-state index is 0.0430. The molecular formula is C14H18N2O4. The molecule has 0 aliphatic carbocycles. The van der Waals surface area contributed by atoms with Crippen molar-refractivity contribution >= 4 is 12.0 Å². The van der Waals surface area contributed by atoms with Crippen molar-refractivity contribution in [3.8, 4) is 17.2 Å². The number of nitrogens with two attached hydrogens (primary N) is 1. The summed E-state index contributed by atoms with van der Waals surface area (Å²) in [5, 5.41) is 12.5. The number of carbonyl (C=O) groups is 1. The van der Waals surface area contributed by atoms with Crippen LogP contribution in [-0.2, 0) is 4.79 Å². The van der Waals surface area contributed by atoms with Crippen LogP contribution >= 0.6 is 0 Å². The van der Waals surface area contributed by atoms with Crippen LogP contribution in [0.5, 0.6) is 17.2 Å². The molecule has 108 valence electrons. The smallest absolute Gasteiger partial charge is 0.244 e. The van der Waals surface area contributed by atoms with E-state index in [-0.39, 0.29) is 18.4 Å². The van der Waals surface area contributed by atoms with Gasteiger partial charge in [0.25, 0.3) is 0 Å². The van der Waals surface area contributed by atoms with Gasteiger partial charge in [-0.1, -0.05) is 0 Å². The molecule has 1 aromatic rings. The van der Waals surface area contributed by atoms with Gasteiger partial charge in [0.2, 0.25) is 12.7 Å². The molecule has 0 aromatic heterocycles. The quantitative estimate of drug-likeness (QED) is 0.533. The topological polar surface area (TPSA) is 93.8 Å². The number of carbonyl (C=O) groups excluding carboxylic acids is 1. The molecule has 0 saturated carbocycles. The van der Waals surface area contributed by atoms with Gasteiger partial charge in [-0.15, -0.1) is 0 Å². The third-order valence-corrected chi connectivity index (χ3v) is 2.87. The van der Waals surface area contributed by atoms with E-state index in [1.807, 2.05) is 0 Å². The lowest BCUT2D eigenvalue weighted by Crippen LogP contribution is -2.22. The number of aromatic hydroxyl groups is 1. The fourth-order valence-corrected chi connectivity index (χ4v) is 1.79. The Labute approximate surface area is 117 Å². The number of hydrogen-bond acceptors (Lipinski definition) is 5. The zero-order valence-electron chi connectivity index (χ0n) is 11.1. The molecule has 20 heavy (non-hydrogen) atoms. The fourth-order valence-electron chi connectivity index (χ4n) is 1.79. The van der Waals surface area contributed by atoms with E-state index in [1.54, 1.807) is 6.07 Å². The minimum atomic E-state index is -0.209. The van der Waals surface area contributed by atoms with Crippen molar-refractivity contribution in [2.75, 3.05) is 19.9 Å². The molecule has 6 heteroatoms. The van der Waals surface area contributed by atoms with Crippen LogP contribution in [0.2, 0.25) is 0 Å².